The molecule has 0 radical (unpaired) electrons. The van der Waals surface area contributed by atoms with Crippen LogP contribution in [0.2, 0.25) is 0 Å². The van der Waals surface area contributed by atoms with Crippen molar-refractivity contribution in [2.24, 2.45) is 0 Å². The Balaban J connectivity index is 2.22. The van der Waals surface area contributed by atoms with Crippen LogP contribution in [0, 0.1) is 12.7 Å². The van der Waals surface area contributed by atoms with Crippen LogP contribution in [0.15, 0.2) is 28.1 Å². The maximum atomic E-state index is 13.0. The van der Waals surface area contributed by atoms with Crippen LogP contribution in [0.5, 0.6) is 0 Å². The van der Waals surface area contributed by atoms with Crippen LogP contribution in [0.25, 0.3) is 0 Å². The van der Waals surface area contributed by atoms with E-state index < -0.39 is 5.82 Å². The highest BCUT2D eigenvalue weighted by Gasteiger charge is 2.12. The number of carbonyl (C=O) groups is 1. The van der Waals surface area contributed by atoms with Crippen molar-refractivity contribution in [2.45, 2.75) is 6.92 Å². The second-order valence-electron chi connectivity index (χ2n) is 3.37. The smallest absolute Gasteiger partial charge is 0.258 e. The number of aromatic nitrogens is 1. The van der Waals surface area contributed by atoms with E-state index in [9.17, 15) is 9.18 Å². The van der Waals surface area contributed by atoms with Gasteiger partial charge in [0.15, 0.2) is 5.13 Å². The van der Waals surface area contributed by atoms with Gasteiger partial charge in [-0.15, -0.1) is 11.3 Å². The number of aryl methyl sites for hydroxylation is 1. The van der Waals surface area contributed by atoms with Gasteiger partial charge in [-0.05, 0) is 41.1 Å². The van der Waals surface area contributed by atoms with E-state index in [1.165, 1.54) is 29.5 Å². The lowest BCUT2D eigenvalue weighted by atomic mass is 10.2. The molecule has 0 aliphatic carbocycles. The van der Waals surface area contributed by atoms with Crippen LogP contribution in [0.4, 0.5) is 9.52 Å². The van der Waals surface area contributed by atoms with Crippen LogP contribution in [-0.2, 0) is 0 Å². The largest absolute Gasteiger partial charge is 0.298 e. The van der Waals surface area contributed by atoms with Gasteiger partial charge >= 0.3 is 0 Å². The Hall–Kier alpha value is -1.27. The van der Waals surface area contributed by atoms with E-state index in [-0.39, 0.29) is 11.5 Å². The van der Waals surface area contributed by atoms with Crippen molar-refractivity contribution in [3.8, 4) is 0 Å². The SMILES string of the molecule is Cc1csc(NC(=O)c2cc(F)ccc2Br)n1. The normalized spacial score (nSPS) is 10.3. The summed E-state index contributed by atoms with van der Waals surface area (Å²) in [6.45, 7) is 1.84. The summed E-state index contributed by atoms with van der Waals surface area (Å²) in [5, 5.41) is 4.95. The number of benzene rings is 1. The molecule has 3 nitrogen and oxygen atoms in total. The summed E-state index contributed by atoms with van der Waals surface area (Å²) in [7, 11) is 0. The molecule has 0 saturated carbocycles. The summed E-state index contributed by atoms with van der Waals surface area (Å²) in [5.41, 5.74) is 1.08. The molecule has 0 aliphatic rings. The van der Waals surface area contributed by atoms with Crippen LogP contribution in [0.1, 0.15) is 16.1 Å². The van der Waals surface area contributed by atoms with Crippen molar-refractivity contribution in [3.05, 3.63) is 45.1 Å². The molecule has 17 heavy (non-hydrogen) atoms. The van der Waals surface area contributed by atoms with Gasteiger partial charge in [0.1, 0.15) is 5.82 Å². The van der Waals surface area contributed by atoms with E-state index in [2.05, 4.69) is 26.2 Å². The lowest BCUT2D eigenvalue weighted by Crippen LogP contribution is -2.12. The number of hydrogen-bond donors (Lipinski definition) is 1. The number of nitrogens with zero attached hydrogens (tertiary/aromatic N) is 1. The van der Waals surface area contributed by atoms with Crippen molar-refractivity contribution in [1.29, 1.82) is 0 Å². The maximum Gasteiger partial charge on any atom is 0.258 e. The van der Waals surface area contributed by atoms with Crippen LogP contribution in [0.3, 0.4) is 0 Å². The lowest BCUT2D eigenvalue weighted by molar-refractivity contribution is 0.102. The Morgan fingerprint density at radius 2 is 2.29 bits per heavy atom. The van der Waals surface area contributed by atoms with E-state index in [1.54, 1.807) is 0 Å². The van der Waals surface area contributed by atoms with Crippen molar-refractivity contribution in [2.75, 3.05) is 5.32 Å². The molecule has 1 amide bonds. The van der Waals surface area contributed by atoms with Gasteiger partial charge < -0.3 is 0 Å². The average molecular weight is 315 g/mol. The van der Waals surface area contributed by atoms with Gasteiger partial charge in [-0.2, -0.15) is 0 Å². The van der Waals surface area contributed by atoms with Crippen molar-refractivity contribution < 1.29 is 9.18 Å². The molecule has 2 aromatic rings. The van der Waals surface area contributed by atoms with Gasteiger partial charge in [0.25, 0.3) is 5.91 Å². The predicted molar refractivity (Wildman–Crippen MR) is 68.9 cm³/mol. The molecule has 1 aromatic heterocycles. The second-order valence-corrected chi connectivity index (χ2v) is 5.08. The van der Waals surface area contributed by atoms with E-state index >= 15 is 0 Å². The third-order valence-corrected chi connectivity index (χ3v) is 3.58. The minimum Gasteiger partial charge on any atom is -0.298 e. The number of amides is 1. The standard InChI is InChI=1S/C11H8BrFN2OS/c1-6-5-17-11(14-6)15-10(16)8-4-7(13)2-3-9(8)12/h2-5H,1H3,(H,14,15,16). The summed E-state index contributed by atoms with van der Waals surface area (Å²) < 4.78 is 13.6. The Bertz CT molecular complexity index is 570. The zero-order valence-corrected chi connectivity index (χ0v) is 11.2. The summed E-state index contributed by atoms with van der Waals surface area (Å²) in [5.74, 6) is -0.834. The average Bonchev–Trinajstić information content (AvgIpc) is 2.67. The zero-order valence-electron chi connectivity index (χ0n) is 8.83. The van der Waals surface area contributed by atoms with Gasteiger partial charge in [0.05, 0.1) is 11.3 Å². The molecular weight excluding hydrogens is 307 g/mol. The van der Waals surface area contributed by atoms with Gasteiger partial charge in [0.2, 0.25) is 0 Å². The monoisotopic (exact) mass is 314 g/mol. The summed E-state index contributed by atoms with van der Waals surface area (Å²) in [6, 6.07) is 3.96. The van der Waals surface area contributed by atoms with Gasteiger partial charge in [-0.3, -0.25) is 10.1 Å². The number of hydrogen-bond acceptors (Lipinski definition) is 3. The number of carbonyl (C=O) groups excluding carboxylic acids is 1. The van der Waals surface area contributed by atoms with Gasteiger partial charge in [0, 0.05) is 9.85 Å². The topological polar surface area (TPSA) is 42.0 Å². The number of nitrogens with one attached hydrogen (secondary N) is 1. The molecule has 2 rings (SSSR count). The lowest BCUT2D eigenvalue weighted by Gasteiger charge is -2.04. The first-order valence-electron chi connectivity index (χ1n) is 4.75. The van der Waals surface area contributed by atoms with Crippen molar-refractivity contribution >= 4 is 38.3 Å². The minimum atomic E-state index is -0.450. The minimum absolute atomic E-state index is 0.248. The van der Waals surface area contributed by atoms with Gasteiger partial charge in [-0.25, -0.2) is 9.37 Å². The number of anilines is 1. The van der Waals surface area contributed by atoms with Gasteiger partial charge in [-0.1, -0.05) is 0 Å². The maximum absolute atomic E-state index is 13.0. The highest BCUT2D eigenvalue weighted by molar-refractivity contribution is 9.10. The molecule has 0 aliphatic heterocycles. The first-order chi connectivity index (χ1) is 8.06. The quantitative estimate of drug-likeness (QED) is 0.920. The molecule has 1 heterocycles. The third-order valence-electron chi connectivity index (χ3n) is 2.01. The molecule has 1 aromatic carbocycles. The molecule has 0 atom stereocenters. The molecule has 0 spiro atoms. The van der Waals surface area contributed by atoms with Crippen LogP contribution < -0.4 is 5.32 Å². The van der Waals surface area contributed by atoms with E-state index in [0.717, 1.165) is 5.69 Å². The fourth-order valence-corrected chi connectivity index (χ4v) is 2.36. The fraction of sp³-hybridized carbons (Fsp3) is 0.0909. The number of rotatable bonds is 2. The third kappa shape index (κ3) is 2.89. The Kier molecular flexibility index (Phi) is 3.54. The number of halogens is 2. The molecule has 0 unspecified atom stereocenters. The van der Waals surface area contributed by atoms with E-state index in [0.29, 0.717) is 9.60 Å². The molecule has 88 valence electrons. The van der Waals surface area contributed by atoms with Crippen LogP contribution in [-0.4, -0.2) is 10.9 Å². The molecule has 6 heteroatoms. The Morgan fingerprint density at radius 3 is 2.94 bits per heavy atom. The first-order valence-corrected chi connectivity index (χ1v) is 6.42. The Labute approximate surface area is 110 Å². The summed E-state index contributed by atoms with van der Waals surface area (Å²) in [4.78, 5) is 16.0. The van der Waals surface area contributed by atoms with Crippen molar-refractivity contribution in [1.82, 2.24) is 4.98 Å². The zero-order chi connectivity index (χ0) is 12.4. The fourth-order valence-electron chi connectivity index (χ4n) is 1.25. The van der Waals surface area contributed by atoms with E-state index in [1.807, 2.05) is 12.3 Å². The summed E-state index contributed by atoms with van der Waals surface area (Å²) >= 11 is 4.54. The molecule has 0 saturated heterocycles. The highest BCUT2D eigenvalue weighted by atomic mass is 79.9. The molecule has 0 fully saturated rings. The molecular formula is C11H8BrFN2OS. The predicted octanol–water partition coefficient (Wildman–Crippen LogP) is 3.61. The Morgan fingerprint density at radius 1 is 1.53 bits per heavy atom. The molecule has 0 bridgehead atoms. The molecule has 1 N–H and O–H groups in total. The number of thiazole rings is 1. The highest BCUT2D eigenvalue weighted by Crippen LogP contribution is 2.21. The first kappa shape index (κ1) is 12.2. The summed E-state index contributed by atoms with van der Waals surface area (Å²) in [6.07, 6.45) is 0. The second kappa shape index (κ2) is 4.93. The van der Waals surface area contributed by atoms with Crippen molar-refractivity contribution in [3.63, 3.8) is 0 Å². The van der Waals surface area contributed by atoms with E-state index in [4.69, 9.17) is 0 Å². The van der Waals surface area contributed by atoms with Crippen LogP contribution >= 0.6 is 27.3 Å².